The van der Waals surface area contributed by atoms with E-state index < -0.39 is 23.9 Å². The van der Waals surface area contributed by atoms with Gasteiger partial charge in [-0.2, -0.15) is 13.2 Å². The Kier molecular flexibility index (Phi) is 3.19. The normalized spacial score (nSPS) is 20.1. The van der Waals surface area contributed by atoms with Gasteiger partial charge in [0.15, 0.2) is 0 Å². The quantitative estimate of drug-likeness (QED) is 0.816. The molecule has 1 aromatic rings. The SMILES string of the molecule is CCN1CC(c2cccc(C(F)(F)F)c2)OC1=O. The van der Waals surface area contributed by atoms with Crippen LogP contribution in [0.2, 0.25) is 0 Å². The lowest BCUT2D eigenvalue weighted by Crippen LogP contribution is -2.23. The van der Waals surface area contributed by atoms with Crippen LogP contribution in [-0.2, 0) is 10.9 Å². The molecule has 1 heterocycles. The maximum atomic E-state index is 12.6. The molecule has 98 valence electrons. The molecule has 1 amide bonds. The van der Waals surface area contributed by atoms with Crippen molar-refractivity contribution < 1.29 is 22.7 Å². The Morgan fingerprint density at radius 1 is 1.44 bits per heavy atom. The lowest BCUT2D eigenvalue weighted by atomic mass is 10.1. The van der Waals surface area contributed by atoms with Crippen molar-refractivity contribution in [2.75, 3.05) is 13.1 Å². The zero-order chi connectivity index (χ0) is 13.3. The summed E-state index contributed by atoms with van der Waals surface area (Å²) in [4.78, 5) is 12.8. The zero-order valence-electron chi connectivity index (χ0n) is 9.70. The van der Waals surface area contributed by atoms with Crippen molar-refractivity contribution in [2.24, 2.45) is 0 Å². The first-order chi connectivity index (χ1) is 8.41. The van der Waals surface area contributed by atoms with E-state index in [9.17, 15) is 18.0 Å². The van der Waals surface area contributed by atoms with Crippen LogP contribution in [-0.4, -0.2) is 24.1 Å². The monoisotopic (exact) mass is 259 g/mol. The number of nitrogens with zero attached hydrogens (tertiary/aromatic N) is 1. The molecular formula is C12H12F3NO2. The molecule has 0 bridgehead atoms. The maximum absolute atomic E-state index is 12.6. The minimum atomic E-state index is -4.39. The number of cyclic esters (lactones) is 1. The molecular weight excluding hydrogens is 247 g/mol. The highest BCUT2D eigenvalue weighted by Crippen LogP contribution is 2.33. The summed E-state index contributed by atoms with van der Waals surface area (Å²) < 4.78 is 42.7. The first-order valence-corrected chi connectivity index (χ1v) is 5.54. The Morgan fingerprint density at radius 2 is 2.17 bits per heavy atom. The van der Waals surface area contributed by atoms with Gasteiger partial charge < -0.3 is 9.64 Å². The van der Waals surface area contributed by atoms with Crippen LogP contribution in [0.5, 0.6) is 0 Å². The van der Waals surface area contributed by atoms with Crippen molar-refractivity contribution in [1.82, 2.24) is 4.90 Å². The molecule has 1 unspecified atom stereocenters. The van der Waals surface area contributed by atoms with E-state index in [0.29, 0.717) is 12.1 Å². The van der Waals surface area contributed by atoms with E-state index >= 15 is 0 Å². The number of alkyl halides is 3. The molecule has 0 aromatic heterocycles. The van der Waals surface area contributed by atoms with E-state index in [1.54, 1.807) is 6.92 Å². The van der Waals surface area contributed by atoms with E-state index in [1.165, 1.54) is 17.0 Å². The van der Waals surface area contributed by atoms with Gasteiger partial charge in [-0.25, -0.2) is 4.79 Å². The number of amides is 1. The molecule has 1 aromatic carbocycles. The number of carbonyl (C=O) groups excluding carboxylic acids is 1. The van der Waals surface area contributed by atoms with Crippen molar-refractivity contribution in [3.8, 4) is 0 Å². The summed E-state index contributed by atoms with van der Waals surface area (Å²) in [6.07, 6.45) is -5.50. The average molecular weight is 259 g/mol. The highest BCUT2D eigenvalue weighted by atomic mass is 19.4. The van der Waals surface area contributed by atoms with Crippen LogP contribution >= 0.6 is 0 Å². The van der Waals surface area contributed by atoms with Crippen molar-refractivity contribution in [3.05, 3.63) is 35.4 Å². The fraction of sp³-hybridized carbons (Fsp3) is 0.417. The molecule has 0 N–H and O–H groups in total. The van der Waals surface area contributed by atoms with Crippen LogP contribution in [0.3, 0.4) is 0 Å². The standard InChI is InChI=1S/C12H12F3NO2/c1-2-16-7-10(18-11(16)17)8-4-3-5-9(6-8)12(13,14)15/h3-6,10H,2,7H2,1H3. The Morgan fingerprint density at radius 3 is 2.72 bits per heavy atom. The molecule has 6 heteroatoms. The molecule has 0 saturated carbocycles. The molecule has 1 saturated heterocycles. The van der Waals surface area contributed by atoms with Gasteiger partial charge in [-0.3, -0.25) is 0 Å². The van der Waals surface area contributed by atoms with E-state index in [-0.39, 0.29) is 6.54 Å². The summed E-state index contributed by atoms with van der Waals surface area (Å²) in [6, 6.07) is 4.88. The lowest BCUT2D eigenvalue weighted by molar-refractivity contribution is -0.137. The number of hydrogen-bond acceptors (Lipinski definition) is 2. The summed E-state index contributed by atoms with van der Waals surface area (Å²) >= 11 is 0. The van der Waals surface area contributed by atoms with Crippen LogP contribution in [0.15, 0.2) is 24.3 Å². The number of halogens is 3. The molecule has 2 rings (SSSR count). The number of benzene rings is 1. The number of hydrogen-bond donors (Lipinski definition) is 0. The van der Waals surface area contributed by atoms with Crippen molar-refractivity contribution in [3.63, 3.8) is 0 Å². The molecule has 1 fully saturated rings. The molecule has 0 radical (unpaired) electrons. The van der Waals surface area contributed by atoms with Gasteiger partial charge in [0.05, 0.1) is 12.1 Å². The molecule has 1 aliphatic rings. The van der Waals surface area contributed by atoms with Gasteiger partial charge in [-0.05, 0) is 24.6 Å². The fourth-order valence-corrected chi connectivity index (χ4v) is 1.86. The predicted molar refractivity (Wildman–Crippen MR) is 57.9 cm³/mol. The summed E-state index contributed by atoms with van der Waals surface area (Å²) in [5.41, 5.74) is -0.361. The summed E-state index contributed by atoms with van der Waals surface area (Å²) in [6.45, 7) is 2.56. The van der Waals surface area contributed by atoms with Crippen molar-refractivity contribution >= 4 is 6.09 Å². The van der Waals surface area contributed by atoms with Crippen LogP contribution in [0, 0.1) is 0 Å². The van der Waals surface area contributed by atoms with Crippen LogP contribution in [0.25, 0.3) is 0 Å². The predicted octanol–water partition coefficient (Wildman–Crippen LogP) is 3.22. The third kappa shape index (κ3) is 2.42. The average Bonchev–Trinajstić information content (AvgIpc) is 2.70. The number of ether oxygens (including phenoxy) is 1. The minimum absolute atomic E-state index is 0.288. The van der Waals surface area contributed by atoms with E-state index in [0.717, 1.165) is 12.1 Å². The summed E-state index contributed by atoms with van der Waals surface area (Å²) in [5.74, 6) is 0. The lowest BCUT2D eigenvalue weighted by Gasteiger charge is -2.12. The second-order valence-electron chi connectivity index (χ2n) is 4.03. The molecule has 0 aliphatic carbocycles. The van der Waals surface area contributed by atoms with Gasteiger partial charge in [-0.15, -0.1) is 0 Å². The van der Waals surface area contributed by atoms with Crippen molar-refractivity contribution in [2.45, 2.75) is 19.2 Å². The number of carbonyl (C=O) groups is 1. The molecule has 0 spiro atoms. The molecule has 1 atom stereocenters. The van der Waals surface area contributed by atoms with Crippen LogP contribution < -0.4 is 0 Å². The Balaban J connectivity index is 2.23. The number of rotatable bonds is 2. The maximum Gasteiger partial charge on any atom is 0.416 e. The Labute approximate surface area is 102 Å². The van der Waals surface area contributed by atoms with E-state index in [2.05, 4.69) is 0 Å². The van der Waals surface area contributed by atoms with Gasteiger partial charge in [0.25, 0.3) is 0 Å². The summed E-state index contributed by atoms with van der Waals surface area (Å²) in [7, 11) is 0. The van der Waals surface area contributed by atoms with Gasteiger partial charge in [0.1, 0.15) is 6.10 Å². The Hall–Kier alpha value is -1.72. The summed E-state index contributed by atoms with van der Waals surface area (Å²) in [5, 5.41) is 0. The smallest absolute Gasteiger partial charge is 0.416 e. The first-order valence-electron chi connectivity index (χ1n) is 5.54. The largest absolute Gasteiger partial charge is 0.439 e. The van der Waals surface area contributed by atoms with Gasteiger partial charge in [-0.1, -0.05) is 12.1 Å². The molecule has 3 nitrogen and oxygen atoms in total. The number of likely N-dealkylation sites (N-methyl/N-ethyl adjacent to an activating group) is 1. The topological polar surface area (TPSA) is 29.5 Å². The highest BCUT2D eigenvalue weighted by Gasteiger charge is 2.34. The van der Waals surface area contributed by atoms with Gasteiger partial charge in [0, 0.05) is 6.54 Å². The second kappa shape index (κ2) is 4.51. The third-order valence-electron chi connectivity index (χ3n) is 2.85. The second-order valence-corrected chi connectivity index (χ2v) is 4.03. The third-order valence-corrected chi connectivity index (χ3v) is 2.85. The molecule has 1 aliphatic heterocycles. The van der Waals surface area contributed by atoms with Crippen molar-refractivity contribution in [1.29, 1.82) is 0 Å². The minimum Gasteiger partial charge on any atom is -0.439 e. The van der Waals surface area contributed by atoms with Crippen LogP contribution in [0.1, 0.15) is 24.2 Å². The highest BCUT2D eigenvalue weighted by molar-refractivity contribution is 5.70. The van der Waals surface area contributed by atoms with Gasteiger partial charge in [0.2, 0.25) is 0 Å². The zero-order valence-corrected chi connectivity index (χ0v) is 9.70. The van der Waals surface area contributed by atoms with E-state index in [4.69, 9.17) is 4.74 Å². The van der Waals surface area contributed by atoms with Gasteiger partial charge >= 0.3 is 12.3 Å². The fourth-order valence-electron chi connectivity index (χ4n) is 1.86. The first kappa shape index (κ1) is 12.7. The van der Waals surface area contributed by atoms with E-state index in [1.807, 2.05) is 0 Å². The Bertz CT molecular complexity index is 459. The molecule has 18 heavy (non-hydrogen) atoms. The van der Waals surface area contributed by atoms with Crippen LogP contribution in [0.4, 0.5) is 18.0 Å².